The maximum Gasteiger partial charge on any atom is 0.166 e. The summed E-state index contributed by atoms with van der Waals surface area (Å²) in [5, 5.41) is 9.95. The van der Waals surface area contributed by atoms with Gasteiger partial charge in [0.2, 0.25) is 0 Å². The second kappa shape index (κ2) is 5.45. The smallest absolute Gasteiger partial charge is 0.166 e. The number of fused-ring (bicyclic) bond motifs is 3. The average molecular weight is 301 g/mol. The van der Waals surface area contributed by atoms with E-state index in [0.717, 1.165) is 23.6 Å². The van der Waals surface area contributed by atoms with Gasteiger partial charge in [-0.05, 0) is 25.7 Å². The lowest BCUT2D eigenvalue weighted by Gasteiger charge is -2.34. The summed E-state index contributed by atoms with van der Waals surface area (Å²) in [6.45, 7) is 4.86. The third kappa shape index (κ3) is 2.14. The molecule has 118 valence electrons. The van der Waals surface area contributed by atoms with E-state index in [2.05, 4.69) is 17.5 Å². The Bertz CT molecular complexity index is 623. The molecular formula is C18H23NO3. The number of ether oxygens (including phenoxy) is 2. The molecule has 1 aliphatic carbocycles. The van der Waals surface area contributed by atoms with Crippen molar-refractivity contribution in [3.63, 3.8) is 0 Å². The fraction of sp³-hybridized carbons (Fsp3) is 0.444. The van der Waals surface area contributed by atoms with Crippen molar-refractivity contribution in [2.75, 3.05) is 21.2 Å². The number of nitrogens with zero attached hydrogens (tertiary/aromatic N) is 1. The van der Waals surface area contributed by atoms with Crippen molar-refractivity contribution >= 4 is 0 Å². The summed E-state index contributed by atoms with van der Waals surface area (Å²) in [5.41, 5.74) is 1.92. The lowest BCUT2D eigenvalue weighted by molar-refractivity contribution is 0.101. The van der Waals surface area contributed by atoms with Crippen LogP contribution in [0, 0.1) is 0 Å². The fourth-order valence-corrected chi connectivity index (χ4v) is 3.53. The van der Waals surface area contributed by atoms with Gasteiger partial charge in [-0.15, -0.1) is 6.58 Å². The van der Waals surface area contributed by atoms with E-state index in [9.17, 15) is 5.11 Å². The van der Waals surface area contributed by atoms with Crippen molar-refractivity contribution in [1.29, 1.82) is 0 Å². The summed E-state index contributed by atoms with van der Waals surface area (Å²) < 4.78 is 11.7. The molecule has 0 saturated heterocycles. The Hall–Kier alpha value is -1.78. The highest BCUT2D eigenvalue weighted by atomic mass is 16.5. The van der Waals surface area contributed by atoms with Crippen molar-refractivity contribution in [2.45, 2.75) is 30.6 Å². The maximum absolute atomic E-state index is 9.95. The summed E-state index contributed by atoms with van der Waals surface area (Å²) in [4.78, 5) is 2.13. The van der Waals surface area contributed by atoms with Gasteiger partial charge < -0.3 is 19.5 Å². The first-order valence-corrected chi connectivity index (χ1v) is 7.54. The topological polar surface area (TPSA) is 41.9 Å². The van der Waals surface area contributed by atoms with Crippen molar-refractivity contribution in [1.82, 2.24) is 4.90 Å². The van der Waals surface area contributed by atoms with Crippen LogP contribution in [-0.2, 0) is 12.0 Å². The van der Waals surface area contributed by atoms with Crippen LogP contribution in [0.3, 0.4) is 0 Å². The Morgan fingerprint density at radius 1 is 1.50 bits per heavy atom. The molecule has 22 heavy (non-hydrogen) atoms. The Morgan fingerprint density at radius 3 is 2.91 bits per heavy atom. The zero-order valence-electron chi connectivity index (χ0n) is 13.4. The number of hydrogen-bond acceptors (Lipinski definition) is 4. The molecule has 0 amide bonds. The zero-order chi connectivity index (χ0) is 15.9. The SMILES string of the molecule is C=C[C@@]12C=C[C@H](O)C[C@@H]1Oc1c(OC)ccc(CN(C)C)c12. The van der Waals surface area contributed by atoms with Gasteiger partial charge in [-0.1, -0.05) is 24.3 Å². The molecule has 1 heterocycles. The van der Waals surface area contributed by atoms with Crippen LogP contribution in [0.4, 0.5) is 0 Å². The van der Waals surface area contributed by atoms with E-state index in [1.54, 1.807) is 7.11 Å². The molecular weight excluding hydrogens is 278 g/mol. The van der Waals surface area contributed by atoms with Gasteiger partial charge in [0.1, 0.15) is 6.10 Å². The molecule has 1 aromatic carbocycles. The summed E-state index contributed by atoms with van der Waals surface area (Å²) in [6, 6.07) is 4.04. The monoisotopic (exact) mass is 301 g/mol. The second-order valence-corrected chi connectivity index (χ2v) is 6.27. The largest absolute Gasteiger partial charge is 0.493 e. The van der Waals surface area contributed by atoms with E-state index in [1.165, 1.54) is 5.56 Å². The van der Waals surface area contributed by atoms with Crippen molar-refractivity contribution in [3.8, 4) is 11.5 Å². The first-order valence-electron chi connectivity index (χ1n) is 7.54. The van der Waals surface area contributed by atoms with Gasteiger partial charge in [-0.3, -0.25) is 0 Å². The minimum atomic E-state index is -0.476. The van der Waals surface area contributed by atoms with E-state index in [4.69, 9.17) is 9.47 Å². The number of aliphatic hydroxyl groups is 1. The molecule has 0 saturated carbocycles. The highest BCUT2D eigenvalue weighted by molar-refractivity contribution is 5.62. The van der Waals surface area contributed by atoms with Gasteiger partial charge in [-0.2, -0.15) is 0 Å². The Kier molecular flexibility index (Phi) is 3.75. The Balaban J connectivity index is 2.21. The van der Waals surface area contributed by atoms with Crippen molar-refractivity contribution in [2.24, 2.45) is 0 Å². The molecule has 1 N–H and O–H groups in total. The minimum Gasteiger partial charge on any atom is -0.493 e. The molecule has 1 aliphatic heterocycles. The highest BCUT2D eigenvalue weighted by Gasteiger charge is 2.50. The zero-order valence-corrected chi connectivity index (χ0v) is 13.4. The van der Waals surface area contributed by atoms with Crippen LogP contribution in [0.25, 0.3) is 0 Å². The molecule has 2 aliphatic rings. The first-order chi connectivity index (χ1) is 10.5. The quantitative estimate of drug-likeness (QED) is 0.866. The van der Waals surface area contributed by atoms with Gasteiger partial charge in [0, 0.05) is 18.5 Å². The normalized spacial score (nSPS) is 29.0. The van der Waals surface area contributed by atoms with E-state index in [-0.39, 0.29) is 6.10 Å². The standard InChI is InChI=1S/C18H23NO3/c1-5-18-9-8-13(20)10-15(18)22-17-14(21-4)7-6-12(16(17)18)11-19(2)3/h5-9,13,15,20H,1,10-11H2,2-4H3/t13-,15-,18+/m0/s1. The van der Waals surface area contributed by atoms with Crippen LogP contribution in [0.15, 0.2) is 36.9 Å². The predicted molar refractivity (Wildman–Crippen MR) is 86.4 cm³/mol. The van der Waals surface area contributed by atoms with Crippen LogP contribution in [0.5, 0.6) is 11.5 Å². The first kappa shape index (κ1) is 15.1. The molecule has 4 nitrogen and oxygen atoms in total. The van der Waals surface area contributed by atoms with Gasteiger partial charge in [0.15, 0.2) is 11.5 Å². The molecule has 0 fully saturated rings. The molecule has 0 unspecified atom stereocenters. The van der Waals surface area contributed by atoms with Crippen LogP contribution < -0.4 is 9.47 Å². The Morgan fingerprint density at radius 2 is 2.27 bits per heavy atom. The summed E-state index contributed by atoms with van der Waals surface area (Å²) in [7, 11) is 5.74. The van der Waals surface area contributed by atoms with Gasteiger partial charge in [0.05, 0.1) is 18.6 Å². The van der Waals surface area contributed by atoms with Crippen LogP contribution in [0.1, 0.15) is 17.5 Å². The van der Waals surface area contributed by atoms with Crippen LogP contribution in [0.2, 0.25) is 0 Å². The van der Waals surface area contributed by atoms with E-state index >= 15 is 0 Å². The number of hydrogen-bond donors (Lipinski definition) is 1. The summed E-state index contributed by atoms with van der Waals surface area (Å²) in [5.74, 6) is 1.52. The van der Waals surface area contributed by atoms with Gasteiger partial charge in [0.25, 0.3) is 0 Å². The average Bonchev–Trinajstić information content (AvgIpc) is 2.82. The van der Waals surface area contributed by atoms with Gasteiger partial charge in [-0.25, -0.2) is 0 Å². The number of methoxy groups -OCH3 is 1. The third-order valence-corrected chi connectivity index (χ3v) is 4.53. The molecule has 0 spiro atoms. The minimum absolute atomic E-state index is 0.141. The molecule has 4 heteroatoms. The van der Waals surface area contributed by atoms with Crippen LogP contribution in [-0.4, -0.2) is 43.4 Å². The van der Waals surface area contributed by atoms with Crippen LogP contribution >= 0.6 is 0 Å². The van der Waals surface area contributed by atoms with Crippen molar-refractivity contribution < 1.29 is 14.6 Å². The predicted octanol–water partition coefficient (Wildman–Crippen LogP) is 2.26. The van der Waals surface area contributed by atoms with Crippen molar-refractivity contribution in [3.05, 3.63) is 48.1 Å². The summed E-state index contributed by atoms with van der Waals surface area (Å²) >= 11 is 0. The molecule has 0 bridgehead atoms. The molecule has 1 aromatic rings. The number of rotatable bonds is 4. The fourth-order valence-electron chi connectivity index (χ4n) is 3.53. The third-order valence-electron chi connectivity index (χ3n) is 4.53. The number of aliphatic hydroxyl groups excluding tert-OH is 1. The number of benzene rings is 1. The molecule has 0 aromatic heterocycles. The molecule has 3 atom stereocenters. The van der Waals surface area contributed by atoms with E-state index < -0.39 is 11.5 Å². The lowest BCUT2D eigenvalue weighted by atomic mass is 9.70. The lowest BCUT2D eigenvalue weighted by Crippen LogP contribution is -2.40. The van der Waals surface area contributed by atoms with Gasteiger partial charge >= 0.3 is 0 Å². The van der Waals surface area contributed by atoms with E-state index in [1.807, 2.05) is 38.4 Å². The van der Waals surface area contributed by atoms with E-state index in [0.29, 0.717) is 6.42 Å². The maximum atomic E-state index is 9.95. The second-order valence-electron chi connectivity index (χ2n) is 6.27. The Labute approximate surface area is 131 Å². The molecule has 3 rings (SSSR count). The highest BCUT2D eigenvalue weighted by Crippen LogP contribution is 2.53. The summed E-state index contributed by atoms with van der Waals surface area (Å²) in [6.07, 6.45) is 5.75. The molecule has 0 radical (unpaired) electrons.